The van der Waals surface area contributed by atoms with Crippen LogP contribution in [0, 0.1) is 29.4 Å². The highest BCUT2D eigenvalue weighted by Crippen LogP contribution is 2.49. The van der Waals surface area contributed by atoms with Crippen molar-refractivity contribution >= 4 is 10.8 Å². The van der Waals surface area contributed by atoms with Gasteiger partial charge in [-0.1, -0.05) is 38.3 Å². The summed E-state index contributed by atoms with van der Waals surface area (Å²) < 4.78 is 34.9. The van der Waals surface area contributed by atoms with Gasteiger partial charge in [0.25, 0.3) is 0 Å². The lowest BCUT2D eigenvalue weighted by molar-refractivity contribution is 0.113. The Morgan fingerprint density at radius 2 is 1.78 bits per heavy atom. The van der Waals surface area contributed by atoms with Gasteiger partial charge in [-0.2, -0.15) is 0 Å². The van der Waals surface area contributed by atoms with Gasteiger partial charge in [0, 0.05) is 6.07 Å². The molecule has 0 radical (unpaired) electrons. The number of halogens is 2. The van der Waals surface area contributed by atoms with Gasteiger partial charge in [-0.15, -0.1) is 0 Å². The predicted octanol–water partition coefficient (Wildman–Crippen LogP) is 7.23. The van der Waals surface area contributed by atoms with Gasteiger partial charge in [0.2, 0.25) is 0 Å². The zero-order valence-corrected chi connectivity index (χ0v) is 16.4. The molecular weight excluding hydrogens is 342 g/mol. The fourth-order valence-electron chi connectivity index (χ4n) is 5.73. The Kier molecular flexibility index (Phi) is 5.39. The van der Waals surface area contributed by atoms with Gasteiger partial charge in [0.1, 0.15) is 17.4 Å². The van der Waals surface area contributed by atoms with Crippen LogP contribution in [0.3, 0.4) is 0 Å². The predicted molar refractivity (Wildman–Crippen MR) is 106 cm³/mol. The summed E-state index contributed by atoms with van der Waals surface area (Å²) in [5, 5.41) is 0.684. The maximum atomic E-state index is 15.3. The van der Waals surface area contributed by atoms with Crippen molar-refractivity contribution in [1.82, 2.24) is 0 Å². The van der Waals surface area contributed by atoms with E-state index in [0.717, 1.165) is 24.7 Å². The van der Waals surface area contributed by atoms with Crippen molar-refractivity contribution in [3.8, 4) is 5.75 Å². The van der Waals surface area contributed by atoms with Crippen molar-refractivity contribution in [1.29, 1.82) is 0 Å². The highest BCUT2D eigenvalue weighted by atomic mass is 19.1. The first-order valence-electron chi connectivity index (χ1n) is 10.6. The van der Waals surface area contributed by atoms with Gasteiger partial charge in [-0.25, -0.2) is 8.78 Å². The standard InChI is InChI=1S/C24H30F2O/c1-3-4-15-5-6-17-12-18(8-7-16(17)11-15)21-10-9-19-13-20(27-2)14-22(25)23(19)24(21)26/h9-10,13-18H,3-8,11-12H2,1-2H3. The van der Waals surface area contributed by atoms with Gasteiger partial charge < -0.3 is 4.74 Å². The van der Waals surface area contributed by atoms with Crippen LogP contribution in [0.1, 0.15) is 69.8 Å². The van der Waals surface area contributed by atoms with E-state index >= 15 is 4.39 Å². The molecule has 0 bridgehead atoms. The summed E-state index contributed by atoms with van der Waals surface area (Å²) in [5.41, 5.74) is 0.709. The smallest absolute Gasteiger partial charge is 0.137 e. The summed E-state index contributed by atoms with van der Waals surface area (Å²) in [5.74, 6) is 2.18. The summed E-state index contributed by atoms with van der Waals surface area (Å²) in [7, 11) is 1.50. The third-order valence-corrected chi connectivity index (χ3v) is 7.10. The molecular formula is C24H30F2O. The monoisotopic (exact) mass is 372 g/mol. The first kappa shape index (κ1) is 18.7. The van der Waals surface area contributed by atoms with E-state index in [1.165, 1.54) is 51.7 Å². The van der Waals surface area contributed by atoms with Crippen molar-refractivity contribution in [3.63, 3.8) is 0 Å². The Hall–Kier alpha value is -1.64. The Balaban J connectivity index is 1.57. The number of rotatable bonds is 4. The molecule has 2 fully saturated rings. The van der Waals surface area contributed by atoms with Crippen LogP contribution in [0.15, 0.2) is 24.3 Å². The highest BCUT2D eigenvalue weighted by molar-refractivity contribution is 5.86. The first-order chi connectivity index (χ1) is 13.1. The van der Waals surface area contributed by atoms with Crippen LogP contribution in [0.2, 0.25) is 0 Å². The molecule has 2 aliphatic carbocycles. The van der Waals surface area contributed by atoms with Gasteiger partial charge in [-0.05, 0) is 72.8 Å². The molecule has 2 saturated carbocycles. The third kappa shape index (κ3) is 3.58. The number of methoxy groups -OCH3 is 1. The maximum absolute atomic E-state index is 15.3. The zero-order valence-electron chi connectivity index (χ0n) is 16.4. The molecule has 2 aromatic carbocycles. The molecule has 0 aliphatic heterocycles. The van der Waals surface area contributed by atoms with Gasteiger partial charge in [-0.3, -0.25) is 0 Å². The summed E-state index contributed by atoms with van der Waals surface area (Å²) in [6.07, 6.45) is 9.89. The topological polar surface area (TPSA) is 9.23 Å². The molecule has 4 unspecified atom stereocenters. The van der Waals surface area contributed by atoms with Crippen molar-refractivity contribution in [2.24, 2.45) is 17.8 Å². The van der Waals surface area contributed by atoms with Gasteiger partial charge in [0.15, 0.2) is 0 Å². The van der Waals surface area contributed by atoms with E-state index < -0.39 is 5.82 Å². The van der Waals surface area contributed by atoms with E-state index in [9.17, 15) is 4.39 Å². The normalized spacial score (nSPS) is 28.1. The van der Waals surface area contributed by atoms with E-state index in [0.29, 0.717) is 22.6 Å². The lowest BCUT2D eigenvalue weighted by Crippen LogP contribution is -2.30. The first-order valence-corrected chi connectivity index (χ1v) is 10.6. The van der Waals surface area contributed by atoms with Crippen LogP contribution < -0.4 is 4.74 Å². The van der Waals surface area contributed by atoms with Crippen LogP contribution in [0.5, 0.6) is 5.75 Å². The molecule has 0 saturated heterocycles. The number of benzene rings is 2. The highest BCUT2D eigenvalue weighted by Gasteiger charge is 2.36. The summed E-state index contributed by atoms with van der Waals surface area (Å²) >= 11 is 0. The van der Waals surface area contributed by atoms with E-state index in [4.69, 9.17) is 4.74 Å². The van der Waals surface area contributed by atoms with Crippen LogP contribution >= 0.6 is 0 Å². The molecule has 0 heterocycles. The largest absolute Gasteiger partial charge is 0.497 e. The Labute approximate surface area is 161 Å². The molecule has 4 atom stereocenters. The molecule has 0 aromatic heterocycles. The minimum atomic E-state index is -0.530. The average molecular weight is 372 g/mol. The number of ether oxygens (including phenoxy) is 1. The molecule has 27 heavy (non-hydrogen) atoms. The van der Waals surface area contributed by atoms with E-state index in [1.807, 2.05) is 12.1 Å². The molecule has 0 N–H and O–H groups in total. The third-order valence-electron chi connectivity index (χ3n) is 7.10. The van der Waals surface area contributed by atoms with E-state index in [1.54, 1.807) is 6.07 Å². The molecule has 146 valence electrons. The fourth-order valence-corrected chi connectivity index (χ4v) is 5.73. The molecule has 0 spiro atoms. The lowest BCUT2D eigenvalue weighted by atomic mass is 9.63. The molecule has 4 rings (SSSR count). The molecule has 3 heteroatoms. The fraction of sp³-hybridized carbons (Fsp3) is 0.583. The van der Waals surface area contributed by atoms with Crippen LogP contribution in [0.25, 0.3) is 10.8 Å². The number of hydrogen-bond acceptors (Lipinski definition) is 1. The second-order valence-corrected chi connectivity index (χ2v) is 8.67. The molecule has 2 aliphatic rings. The second-order valence-electron chi connectivity index (χ2n) is 8.67. The molecule has 2 aromatic rings. The Morgan fingerprint density at radius 3 is 2.56 bits per heavy atom. The van der Waals surface area contributed by atoms with Crippen LogP contribution in [-0.4, -0.2) is 7.11 Å². The van der Waals surface area contributed by atoms with Crippen molar-refractivity contribution in [2.45, 2.75) is 64.2 Å². The summed E-state index contributed by atoms with van der Waals surface area (Å²) in [6, 6.07) is 6.71. The van der Waals surface area contributed by atoms with Gasteiger partial charge in [0.05, 0.1) is 12.5 Å². The molecule has 0 amide bonds. The SMILES string of the molecule is CCCC1CCC2CC(c3ccc4cc(OC)cc(F)c4c3F)CCC2C1. The number of fused-ring (bicyclic) bond motifs is 2. The number of hydrogen-bond donors (Lipinski definition) is 0. The van der Waals surface area contributed by atoms with E-state index in [-0.39, 0.29) is 17.1 Å². The molecule has 1 nitrogen and oxygen atoms in total. The minimum Gasteiger partial charge on any atom is -0.497 e. The van der Waals surface area contributed by atoms with E-state index in [2.05, 4.69) is 6.92 Å². The maximum Gasteiger partial charge on any atom is 0.137 e. The second kappa shape index (κ2) is 7.77. The van der Waals surface area contributed by atoms with Crippen molar-refractivity contribution in [3.05, 3.63) is 41.5 Å². The summed E-state index contributed by atoms with van der Waals surface area (Å²) in [4.78, 5) is 0. The van der Waals surface area contributed by atoms with Crippen molar-refractivity contribution < 1.29 is 13.5 Å². The van der Waals surface area contributed by atoms with Gasteiger partial charge >= 0.3 is 0 Å². The average Bonchev–Trinajstić information content (AvgIpc) is 2.67. The Bertz CT molecular complexity index is 816. The van der Waals surface area contributed by atoms with Crippen LogP contribution in [-0.2, 0) is 0 Å². The quantitative estimate of drug-likeness (QED) is 0.550. The van der Waals surface area contributed by atoms with Crippen molar-refractivity contribution in [2.75, 3.05) is 7.11 Å². The zero-order chi connectivity index (χ0) is 19.0. The lowest BCUT2D eigenvalue weighted by Gasteiger charge is -2.42. The summed E-state index contributed by atoms with van der Waals surface area (Å²) in [6.45, 7) is 2.28. The Morgan fingerprint density at radius 1 is 1.00 bits per heavy atom. The van der Waals surface area contributed by atoms with Crippen LogP contribution in [0.4, 0.5) is 8.78 Å². The minimum absolute atomic E-state index is 0.113.